The van der Waals surface area contributed by atoms with Gasteiger partial charge in [0.15, 0.2) is 17.3 Å². The van der Waals surface area contributed by atoms with Crippen LogP contribution in [0.15, 0.2) is 60.7 Å². The predicted octanol–water partition coefficient (Wildman–Crippen LogP) is 5.17. The van der Waals surface area contributed by atoms with E-state index in [0.29, 0.717) is 33.3 Å². The Morgan fingerprint density at radius 1 is 1.00 bits per heavy atom. The van der Waals surface area contributed by atoms with Crippen LogP contribution in [-0.2, 0) is 9.53 Å². The fraction of sp³-hybridized carbons (Fsp3) is 0.323. The highest BCUT2D eigenvalue weighted by Crippen LogP contribution is 2.45. The van der Waals surface area contributed by atoms with E-state index < -0.39 is 35.3 Å². The van der Waals surface area contributed by atoms with Crippen LogP contribution in [0.25, 0.3) is 0 Å². The van der Waals surface area contributed by atoms with Gasteiger partial charge in [-0.1, -0.05) is 49.7 Å². The summed E-state index contributed by atoms with van der Waals surface area (Å²) in [7, 11) is 3.01. The number of halogens is 1. The van der Waals surface area contributed by atoms with Gasteiger partial charge in [0.25, 0.3) is 5.91 Å². The number of aliphatic hydroxyl groups is 1. The maximum atomic E-state index is 14.2. The number of carbonyl (C=O) groups is 3. The monoisotopic (exact) mass is 581 g/mol. The van der Waals surface area contributed by atoms with Crippen molar-refractivity contribution >= 4 is 34.9 Å². The third-order valence-electron chi connectivity index (χ3n) is 6.96. The molecule has 0 saturated carbocycles. The van der Waals surface area contributed by atoms with Crippen LogP contribution < -0.4 is 14.4 Å². The average Bonchev–Trinajstić information content (AvgIpc) is 3.06. The van der Waals surface area contributed by atoms with E-state index in [1.807, 2.05) is 13.8 Å². The van der Waals surface area contributed by atoms with E-state index in [-0.39, 0.29) is 30.7 Å². The van der Waals surface area contributed by atoms with E-state index in [2.05, 4.69) is 0 Å². The molecule has 1 amide bonds. The summed E-state index contributed by atoms with van der Waals surface area (Å²) in [6.07, 6.45) is -2.43. The Kier molecular flexibility index (Phi) is 9.01. The van der Waals surface area contributed by atoms with Crippen molar-refractivity contribution in [1.29, 1.82) is 0 Å². The molecule has 0 aromatic heterocycles. The van der Waals surface area contributed by atoms with Gasteiger partial charge in [0.05, 0.1) is 19.8 Å². The molecule has 1 aliphatic heterocycles. The fourth-order valence-corrected chi connectivity index (χ4v) is 4.97. The highest BCUT2D eigenvalue weighted by Gasteiger charge is 2.40. The number of methoxy groups -OCH3 is 2. The largest absolute Gasteiger partial charge is 0.493 e. The molecule has 2 atom stereocenters. The number of carbonyl (C=O) groups excluding carboxylic acids is 2. The molecule has 1 aliphatic rings. The maximum absolute atomic E-state index is 14.2. The third kappa shape index (κ3) is 6.37. The number of nitrogens with zero attached hydrogens (tertiary/aromatic N) is 1. The summed E-state index contributed by atoms with van der Waals surface area (Å²) in [5.41, 5.74) is 1.27. The molecular formula is C31H32ClNO8. The number of Topliss-reactive ketones (excluding diaryl/α,β-unsaturated/α-hetero) is 1. The van der Waals surface area contributed by atoms with E-state index in [9.17, 15) is 24.6 Å². The number of hydrogen-bond acceptors (Lipinski definition) is 7. The predicted molar refractivity (Wildman–Crippen MR) is 153 cm³/mol. The second-order valence-corrected chi connectivity index (χ2v) is 11.0. The Morgan fingerprint density at radius 3 is 2.29 bits per heavy atom. The highest BCUT2D eigenvalue weighted by atomic mass is 35.5. The van der Waals surface area contributed by atoms with Crippen molar-refractivity contribution in [3.05, 3.63) is 87.9 Å². The first-order valence-electron chi connectivity index (χ1n) is 12.9. The van der Waals surface area contributed by atoms with Crippen LogP contribution in [0.2, 0.25) is 5.02 Å². The second kappa shape index (κ2) is 12.3. The van der Waals surface area contributed by atoms with E-state index in [4.69, 9.17) is 25.8 Å². The van der Waals surface area contributed by atoms with Crippen LogP contribution in [0.3, 0.4) is 0 Å². The summed E-state index contributed by atoms with van der Waals surface area (Å²) >= 11 is 6.44. The molecule has 9 nitrogen and oxygen atoms in total. The number of anilines is 1. The normalized spacial score (nSPS) is 17.0. The van der Waals surface area contributed by atoms with Gasteiger partial charge in [-0.15, -0.1) is 0 Å². The summed E-state index contributed by atoms with van der Waals surface area (Å²) < 4.78 is 17.7. The Hall–Kier alpha value is -3.92. The SMILES string of the molecule is COc1cccc([C@H]2O[C@H](CC(=O)c3ccc(C(=O)O)cc3)C(=O)N(CC(C)(C)CO)c3ccc(Cl)cc32)c1OC. The molecule has 41 heavy (non-hydrogen) atoms. The second-order valence-electron chi connectivity index (χ2n) is 10.5. The first kappa shape index (κ1) is 30.0. The van der Waals surface area contributed by atoms with Gasteiger partial charge in [0.1, 0.15) is 12.2 Å². The number of para-hydroxylation sites is 1. The van der Waals surface area contributed by atoms with E-state index >= 15 is 0 Å². The van der Waals surface area contributed by atoms with Crippen LogP contribution >= 0.6 is 11.6 Å². The van der Waals surface area contributed by atoms with Crippen LogP contribution in [0.5, 0.6) is 11.5 Å². The molecule has 0 radical (unpaired) electrons. The highest BCUT2D eigenvalue weighted by molar-refractivity contribution is 6.30. The van der Waals surface area contributed by atoms with Gasteiger partial charge in [-0.3, -0.25) is 9.59 Å². The molecular weight excluding hydrogens is 550 g/mol. The van der Waals surface area contributed by atoms with Crippen molar-refractivity contribution in [3.63, 3.8) is 0 Å². The minimum absolute atomic E-state index is 0.0401. The molecule has 1 heterocycles. The van der Waals surface area contributed by atoms with Gasteiger partial charge >= 0.3 is 5.97 Å². The van der Waals surface area contributed by atoms with Crippen LogP contribution in [0, 0.1) is 5.41 Å². The Balaban J connectivity index is 1.85. The molecule has 4 rings (SSSR count). The van der Waals surface area contributed by atoms with E-state index in [1.165, 1.54) is 43.4 Å². The molecule has 216 valence electrons. The van der Waals surface area contributed by atoms with Crippen molar-refractivity contribution in [1.82, 2.24) is 0 Å². The lowest BCUT2D eigenvalue weighted by molar-refractivity contribution is -0.132. The molecule has 3 aromatic carbocycles. The number of amides is 1. The number of fused-ring (bicyclic) bond motifs is 1. The average molecular weight is 582 g/mol. The third-order valence-corrected chi connectivity index (χ3v) is 7.19. The van der Waals surface area contributed by atoms with Crippen molar-refractivity contribution in [2.75, 3.05) is 32.3 Å². The number of aromatic carboxylic acids is 1. The molecule has 3 aromatic rings. The Morgan fingerprint density at radius 2 is 1.68 bits per heavy atom. The smallest absolute Gasteiger partial charge is 0.335 e. The lowest BCUT2D eigenvalue weighted by atomic mass is 9.92. The first-order valence-corrected chi connectivity index (χ1v) is 13.3. The zero-order chi connectivity index (χ0) is 29.9. The van der Waals surface area contributed by atoms with Gasteiger partial charge in [0.2, 0.25) is 0 Å². The van der Waals surface area contributed by atoms with Gasteiger partial charge in [-0.2, -0.15) is 0 Å². The van der Waals surface area contributed by atoms with Crippen LogP contribution in [0.1, 0.15) is 58.2 Å². The minimum atomic E-state index is -1.23. The summed E-state index contributed by atoms with van der Waals surface area (Å²) in [6, 6.07) is 15.9. The molecule has 0 aliphatic carbocycles. The Bertz CT molecular complexity index is 1450. The number of ether oxygens (including phenoxy) is 3. The zero-order valence-electron chi connectivity index (χ0n) is 23.2. The summed E-state index contributed by atoms with van der Waals surface area (Å²) in [4.78, 5) is 40.3. The molecule has 0 unspecified atom stereocenters. The number of hydrogen-bond donors (Lipinski definition) is 2. The zero-order valence-corrected chi connectivity index (χ0v) is 24.0. The van der Waals surface area contributed by atoms with E-state index in [0.717, 1.165) is 0 Å². The molecule has 0 spiro atoms. The van der Waals surface area contributed by atoms with Crippen LogP contribution in [0.4, 0.5) is 5.69 Å². The van der Waals surface area contributed by atoms with Crippen LogP contribution in [-0.4, -0.2) is 61.3 Å². The van der Waals surface area contributed by atoms with Gasteiger partial charge in [-0.05, 0) is 36.4 Å². The number of rotatable bonds is 10. The molecule has 0 bridgehead atoms. The lowest BCUT2D eigenvalue weighted by Crippen LogP contribution is -2.45. The topological polar surface area (TPSA) is 123 Å². The van der Waals surface area contributed by atoms with E-state index in [1.54, 1.807) is 36.4 Å². The van der Waals surface area contributed by atoms with Crippen molar-refractivity contribution in [2.24, 2.45) is 5.41 Å². The van der Waals surface area contributed by atoms with Gasteiger partial charge < -0.3 is 29.3 Å². The summed E-state index contributed by atoms with van der Waals surface area (Å²) in [6.45, 7) is 3.61. The number of ketones is 1. The minimum Gasteiger partial charge on any atom is -0.493 e. The number of carboxylic acid groups (broad SMARTS) is 1. The number of aliphatic hydroxyl groups excluding tert-OH is 1. The fourth-order valence-electron chi connectivity index (χ4n) is 4.79. The Labute approximate surface area is 243 Å². The molecule has 2 N–H and O–H groups in total. The standard InChI is InChI=1S/C31H32ClNO8/c1-31(2,17-34)16-33-23-13-12-20(32)14-22(23)27(21-6-5-7-25(39-3)28(21)40-4)41-26(29(33)36)15-24(35)18-8-10-19(11-9-18)30(37)38/h5-14,26-27,34H,15-17H2,1-4H3,(H,37,38)/t26-,27-/m1/s1. The lowest BCUT2D eigenvalue weighted by Gasteiger charge is -2.32. The van der Waals surface area contributed by atoms with Crippen molar-refractivity contribution in [3.8, 4) is 11.5 Å². The molecule has 0 fully saturated rings. The first-order chi connectivity index (χ1) is 19.5. The summed E-state index contributed by atoms with van der Waals surface area (Å²) in [5, 5.41) is 19.7. The molecule has 0 saturated heterocycles. The van der Waals surface area contributed by atoms with Gasteiger partial charge in [-0.25, -0.2) is 4.79 Å². The molecule has 10 heteroatoms. The van der Waals surface area contributed by atoms with Gasteiger partial charge in [0, 0.05) is 52.4 Å². The number of benzene rings is 3. The van der Waals surface area contributed by atoms with Crippen molar-refractivity contribution < 1.29 is 38.8 Å². The summed E-state index contributed by atoms with van der Waals surface area (Å²) in [5.74, 6) is -1.12. The number of carboxylic acids is 1. The van der Waals surface area contributed by atoms with Crippen molar-refractivity contribution in [2.45, 2.75) is 32.5 Å². The quantitative estimate of drug-likeness (QED) is 0.315. The maximum Gasteiger partial charge on any atom is 0.335 e.